The van der Waals surface area contributed by atoms with Crippen molar-refractivity contribution in [1.29, 1.82) is 0 Å². The van der Waals surface area contributed by atoms with E-state index in [0.717, 1.165) is 22.3 Å². The molecule has 0 bridgehead atoms. The molecule has 0 aliphatic rings. The normalized spacial score (nSPS) is 10.2. The van der Waals surface area contributed by atoms with E-state index < -0.39 is 5.97 Å². The van der Waals surface area contributed by atoms with E-state index in [9.17, 15) is 4.79 Å². The summed E-state index contributed by atoms with van der Waals surface area (Å²) in [6.07, 6.45) is 3.55. The molecule has 0 aliphatic heterocycles. The first-order chi connectivity index (χ1) is 8.09. The van der Waals surface area contributed by atoms with Gasteiger partial charge in [-0.1, -0.05) is 6.07 Å². The van der Waals surface area contributed by atoms with Crippen molar-refractivity contribution in [3.8, 4) is 11.1 Å². The van der Waals surface area contributed by atoms with Crippen LogP contribution in [0.3, 0.4) is 0 Å². The standard InChI is InChI=1S/C14H13NO2/c1-9-5-6-15-8-13(9)12-4-3-11(14(16)17)7-10(12)2/h3-8H,1-2H3,(H,16,17). The van der Waals surface area contributed by atoms with Crippen LogP contribution in [0.15, 0.2) is 36.7 Å². The number of carbonyl (C=O) groups is 1. The third-order valence-corrected chi connectivity index (χ3v) is 2.80. The summed E-state index contributed by atoms with van der Waals surface area (Å²) >= 11 is 0. The second kappa shape index (κ2) is 4.37. The minimum Gasteiger partial charge on any atom is -0.478 e. The molecule has 0 saturated heterocycles. The first-order valence-corrected chi connectivity index (χ1v) is 5.34. The van der Waals surface area contributed by atoms with Gasteiger partial charge in [-0.2, -0.15) is 0 Å². The van der Waals surface area contributed by atoms with Crippen LogP contribution in [-0.4, -0.2) is 16.1 Å². The zero-order valence-electron chi connectivity index (χ0n) is 9.77. The monoisotopic (exact) mass is 227 g/mol. The molecule has 17 heavy (non-hydrogen) atoms. The number of benzene rings is 1. The maximum atomic E-state index is 10.9. The van der Waals surface area contributed by atoms with Gasteiger partial charge >= 0.3 is 5.97 Å². The number of hydrogen-bond donors (Lipinski definition) is 1. The number of pyridine rings is 1. The van der Waals surface area contributed by atoms with Crippen molar-refractivity contribution in [3.63, 3.8) is 0 Å². The number of aromatic carboxylic acids is 1. The fourth-order valence-corrected chi connectivity index (χ4v) is 1.84. The average Bonchev–Trinajstić information content (AvgIpc) is 2.30. The number of nitrogens with zero attached hydrogens (tertiary/aromatic N) is 1. The van der Waals surface area contributed by atoms with E-state index in [1.807, 2.05) is 26.0 Å². The van der Waals surface area contributed by atoms with Gasteiger partial charge in [-0.3, -0.25) is 4.98 Å². The summed E-state index contributed by atoms with van der Waals surface area (Å²) in [7, 11) is 0. The Morgan fingerprint density at radius 3 is 2.47 bits per heavy atom. The van der Waals surface area contributed by atoms with Gasteiger partial charge in [0, 0.05) is 18.0 Å². The largest absolute Gasteiger partial charge is 0.478 e. The molecule has 1 aromatic heterocycles. The fraction of sp³-hybridized carbons (Fsp3) is 0.143. The van der Waals surface area contributed by atoms with Crippen molar-refractivity contribution in [2.45, 2.75) is 13.8 Å². The molecular formula is C14H13NO2. The van der Waals surface area contributed by atoms with Crippen LogP contribution in [0.1, 0.15) is 21.5 Å². The molecule has 86 valence electrons. The molecule has 0 spiro atoms. The average molecular weight is 227 g/mol. The molecule has 0 fully saturated rings. The lowest BCUT2D eigenvalue weighted by atomic mass is 9.97. The van der Waals surface area contributed by atoms with Crippen molar-refractivity contribution >= 4 is 5.97 Å². The van der Waals surface area contributed by atoms with Gasteiger partial charge in [0.05, 0.1) is 5.56 Å². The lowest BCUT2D eigenvalue weighted by Crippen LogP contribution is -1.97. The Morgan fingerprint density at radius 1 is 1.12 bits per heavy atom. The van der Waals surface area contributed by atoms with Crippen LogP contribution in [0, 0.1) is 13.8 Å². The highest BCUT2D eigenvalue weighted by Gasteiger charge is 2.08. The first-order valence-electron chi connectivity index (χ1n) is 5.34. The Kier molecular flexibility index (Phi) is 2.91. The highest BCUT2D eigenvalue weighted by molar-refractivity contribution is 5.89. The molecular weight excluding hydrogens is 214 g/mol. The van der Waals surface area contributed by atoms with E-state index in [1.54, 1.807) is 24.5 Å². The lowest BCUT2D eigenvalue weighted by Gasteiger charge is -2.09. The summed E-state index contributed by atoms with van der Waals surface area (Å²) in [6, 6.07) is 7.09. The van der Waals surface area contributed by atoms with Crippen LogP contribution in [0.2, 0.25) is 0 Å². The molecule has 0 saturated carbocycles. The van der Waals surface area contributed by atoms with Crippen molar-refractivity contribution in [3.05, 3.63) is 53.3 Å². The summed E-state index contributed by atoms with van der Waals surface area (Å²) in [5.74, 6) is -0.900. The quantitative estimate of drug-likeness (QED) is 0.857. The van der Waals surface area contributed by atoms with Crippen LogP contribution in [0.4, 0.5) is 0 Å². The van der Waals surface area contributed by atoms with Gasteiger partial charge in [0.1, 0.15) is 0 Å². The smallest absolute Gasteiger partial charge is 0.335 e. The molecule has 2 aromatic rings. The van der Waals surface area contributed by atoms with Gasteiger partial charge in [0.25, 0.3) is 0 Å². The molecule has 2 rings (SSSR count). The zero-order chi connectivity index (χ0) is 12.4. The highest BCUT2D eigenvalue weighted by Crippen LogP contribution is 2.26. The Morgan fingerprint density at radius 2 is 1.88 bits per heavy atom. The number of rotatable bonds is 2. The van der Waals surface area contributed by atoms with Gasteiger partial charge in [-0.25, -0.2) is 4.79 Å². The van der Waals surface area contributed by atoms with E-state index >= 15 is 0 Å². The molecule has 0 aliphatic carbocycles. The van der Waals surface area contributed by atoms with E-state index in [0.29, 0.717) is 5.56 Å². The van der Waals surface area contributed by atoms with Gasteiger partial charge in [0.15, 0.2) is 0 Å². The minimum atomic E-state index is -0.900. The molecule has 0 amide bonds. The third-order valence-electron chi connectivity index (χ3n) is 2.80. The second-order valence-electron chi connectivity index (χ2n) is 4.03. The van der Waals surface area contributed by atoms with Crippen LogP contribution in [0.25, 0.3) is 11.1 Å². The van der Waals surface area contributed by atoms with Crippen molar-refractivity contribution in [1.82, 2.24) is 4.98 Å². The number of carboxylic acid groups (broad SMARTS) is 1. The van der Waals surface area contributed by atoms with Crippen molar-refractivity contribution < 1.29 is 9.90 Å². The zero-order valence-corrected chi connectivity index (χ0v) is 9.77. The maximum absolute atomic E-state index is 10.9. The molecule has 0 radical (unpaired) electrons. The summed E-state index contributed by atoms with van der Waals surface area (Å²) < 4.78 is 0. The van der Waals surface area contributed by atoms with Gasteiger partial charge < -0.3 is 5.11 Å². The van der Waals surface area contributed by atoms with Crippen LogP contribution < -0.4 is 0 Å². The minimum absolute atomic E-state index is 0.313. The predicted octanol–water partition coefficient (Wildman–Crippen LogP) is 3.06. The number of aryl methyl sites for hydroxylation is 2. The first kappa shape index (κ1) is 11.3. The molecule has 3 nitrogen and oxygen atoms in total. The van der Waals surface area contributed by atoms with Crippen LogP contribution in [-0.2, 0) is 0 Å². The topological polar surface area (TPSA) is 50.2 Å². The summed E-state index contributed by atoms with van der Waals surface area (Å²) in [5, 5.41) is 8.91. The predicted molar refractivity (Wildman–Crippen MR) is 66.1 cm³/mol. The number of hydrogen-bond acceptors (Lipinski definition) is 2. The summed E-state index contributed by atoms with van der Waals surface area (Å²) in [6.45, 7) is 3.93. The van der Waals surface area contributed by atoms with Gasteiger partial charge in [-0.05, 0) is 48.7 Å². The van der Waals surface area contributed by atoms with Crippen LogP contribution >= 0.6 is 0 Å². The van der Waals surface area contributed by atoms with Crippen molar-refractivity contribution in [2.75, 3.05) is 0 Å². The summed E-state index contributed by atoms with van der Waals surface area (Å²) in [5.41, 5.74) is 4.46. The molecule has 1 N–H and O–H groups in total. The van der Waals surface area contributed by atoms with E-state index in [-0.39, 0.29) is 0 Å². The third kappa shape index (κ3) is 2.18. The number of carboxylic acids is 1. The van der Waals surface area contributed by atoms with E-state index in [4.69, 9.17) is 5.11 Å². The Bertz CT molecular complexity index is 576. The number of aromatic nitrogens is 1. The van der Waals surface area contributed by atoms with Crippen molar-refractivity contribution in [2.24, 2.45) is 0 Å². The van der Waals surface area contributed by atoms with Gasteiger partial charge in [0.2, 0.25) is 0 Å². The van der Waals surface area contributed by atoms with E-state index in [1.165, 1.54) is 0 Å². The Hall–Kier alpha value is -2.16. The van der Waals surface area contributed by atoms with E-state index in [2.05, 4.69) is 4.98 Å². The molecule has 1 aromatic carbocycles. The molecule has 0 atom stereocenters. The SMILES string of the molecule is Cc1cc(C(=O)O)ccc1-c1cnccc1C. The Balaban J connectivity index is 2.55. The lowest BCUT2D eigenvalue weighted by molar-refractivity contribution is 0.0697. The Labute approximate surface area is 99.8 Å². The highest BCUT2D eigenvalue weighted by atomic mass is 16.4. The second-order valence-corrected chi connectivity index (χ2v) is 4.03. The van der Waals surface area contributed by atoms with Crippen LogP contribution in [0.5, 0.6) is 0 Å². The summed E-state index contributed by atoms with van der Waals surface area (Å²) in [4.78, 5) is 15.0. The van der Waals surface area contributed by atoms with Gasteiger partial charge in [-0.15, -0.1) is 0 Å². The molecule has 0 unspecified atom stereocenters. The molecule has 3 heteroatoms. The maximum Gasteiger partial charge on any atom is 0.335 e. The molecule has 1 heterocycles. The fourth-order valence-electron chi connectivity index (χ4n) is 1.84.